The van der Waals surface area contributed by atoms with Gasteiger partial charge in [-0.15, -0.1) is 0 Å². The Morgan fingerprint density at radius 2 is 1.77 bits per heavy atom. The zero-order valence-corrected chi connectivity index (χ0v) is 15.3. The number of halogens is 5. The predicted molar refractivity (Wildman–Crippen MR) is 93.1 cm³/mol. The number of hydrogen-bond donors (Lipinski definition) is 0. The van der Waals surface area contributed by atoms with E-state index in [1.165, 1.54) is 0 Å². The number of likely N-dealkylation sites (tertiary alicyclic amines) is 1. The standard InChI is InChI=1S/C18H18Cl2F3NO2/c19-17(20)11-14(24-8-6-13(7-9-24)18(21,22)23)10-15(17)26-16(25)12-4-2-1-3-5-12/h1-5,10,13-14H,6-9,11H2. The number of nitrogens with zero attached hydrogens (tertiary/aromatic N) is 1. The van der Waals surface area contributed by atoms with Gasteiger partial charge in [-0.05, 0) is 44.1 Å². The average Bonchev–Trinajstić information content (AvgIpc) is 2.89. The van der Waals surface area contributed by atoms with Crippen molar-refractivity contribution in [3.8, 4) is 0 Å². The smallest absolute Gasteiger partial charge is 0.391 e. The molecule has 0 aromatic heterocycles. The maximum absolute atomic E-state index is 12.8. The summed E-state index contributed by atoms with van der Waals surface area (Å²) in [7, 11) is 0. The lowest BCUT2D eigenvalue weighted by atomic mass is 9.95. The maximum atomic E-state index is 12.8. The Labute approximate surface area is 159 Å². The molecule has 1 heterocycles. The normalized spacial score (nSPS) is 24.3. The molecular weight excluding hydrogens is 390 g/mol. The summed E-state index contributed by atoms with van der Waals surface area (Å²) in [5, 5.41) is 0. The van der Waals surface area contributed by atoms with Gasteiger partial charge in [0.2, 0.25) is 0 Å². The molecule has 0 N–H and O–H groups in total. The largest absolute Gasteiger partial charge is 0.424 e. The van der Waals surface area contributed by atoms with Crippen LogP contribution in [0, 0.1) is 5.92 Å². The number of esters is 1. The minimum atomic E-state index is -4.16. The molecule has 1 aliphatic heterocycles. The topological polar surface area (TPSA) is 29.5 Å². The van der Waals surface area contributed by atoms with Gasteiger partial charge in [-0.3, -0.25) is 4.90 Å². The highest BCUT2D eigenvalue weighted by Gasteiger charge is 2.46. The van der Waals surface area contributed by atoms with Gasteiger partial charge >= 0.3 is 12.1 Å². The Kier molecular flexibility index (Phi) is 5.56. The molecule has 1 aliphatic carbocycles. The second-order valence-corrected chi connectivity index (χ2v) is 8.10. The summed E-state index contributed by atoms with van der Waals surface area (Å²) in [5.41, 5.74) is 0.368. The SMILES string of the molecule is O=C(OC1=CC(N2CCC(C(F)(F)F)CC2)CC1(Cl)Cl)c1ccccc1. The third-order valence-electron chi connectivity index (χ3n) is 4.84. The van der Waals surface area contributed by atoms with Crippen molar-refractivity contribution in [3.05, 3.63) is 47.7 Å². The highest BCUT2D eigenvalue weighted by molar-refractivity contribution is 6.50. The second-order valence-electron chi connectivity index (χ2n) is 6.61. The Bertz CT molecular complexity index is 683. The third kappa shape index (κ3) is 4.35. The first-order chi connectivity index (χ1) is 12.2. The molecule has 0 amide bonds. The Balaban J connectivity index is 1.65. The van der Waals surface area contributed by atoms with E-state index in [0.29, 0.717) is 18.7 Å². The molecule has 1 atom stereocenters. The molecule has 26 heavy (non-hydrogen) atoms. The first-order valence-electron chi connectivity index (χ1n) is 8.35. The van der Waals surface area contributed by atoms with Crippen molar-refractivity contribution < 1.29 is 22.7 Å². The highest BCUT2D eigenvalue weighted by atomic mass is 35.5. The van der Waals surface area contributed by atoms with Gasteiger partial charge in [-0.2, -0.15) is 13.2 Å². The third-order valence-corrected chi connectivity index (χ3v) is 5.52. The number of rotatable bonds is 3. The van der Waals surface area contributed by atoms with Crippen molar-refractivity contribution in [2.24, 2.45) is 5.92 Å². The molecule has 0 saturated carbocycles. The first kappa shape index (κ1) is 19.5. The number of allylic oxidation sites excluding steroid dienone is 1. The molecule has 142 valence electrons. The van der Waals surface area contributed by atoms with Crippen LogP contribution in [-0.2, 0) is 4.74 Å². The number of alkyl halides is 5. The van der Waals surface area contributed by atoms with Gasteiger partial charge in [-0.1, -0.05) is 41.4 Å². The molecule has 0 bridgehead atoms. The molecule has 1 fully saturated rings. The van der Waals surface area contributed by atoms with E-state index in [1.54, 1.807) is 36.4 Å². The number of hydrogen-bond acceptors (Lipinski definition) is 3. The number of carbonyl (C=O) groups excluding carboxylic acids is 1. The van der Waals surface area contributed by atoms with Crippen LogP contribution in [-0.4, -0.2) is 40.5 Å². The number of piperidine rings is 1. The minimum absolute atomic E-state index is 0.0462. The van der Waals surface area contributed by atoms with Crippen LogP contribution in [0.3, 0.4) is 0 Å². The summed E-state index contributed by atoms with van der Waals surface area (Å²) < 4.78 is 42.4. The molecule has 3 rings (SSSR count). The molecule has 2 aliphatic rings. The molecular formula is C18H18Cl2F3NO2. The molecule has 1 unspecified atom stereocenters. The minimum Gasteiger partial charge on any atom is -0.424 e. The Morgan fingerprint density at radius 1 is 1.15 bits per heavy atom. The molecule has 0 radical (unpaired) electrons. The highest BCUT2D eigenvalue weighted by Crippen LogP contribution is 2.44. The molecule has 1 saturated heterocycles. The van der Waals surface area contributed by atoms with E-state index < -0.39 is 22.4 Å². The maximum Gasteiger partial charge on any atom is 0.391 e. The van der Waals surface area contributed by atoms with Crippen molar-refractivity contribution in [1.29, 1.82) is 0 Å². The van der Waals surface area contributed by atoms with E-state index >= 15 is 0 Å². The Hall–Kier alpha value is -1.24. The molecule has 8 heteroatoms. The lowest BCUT2D eigenvalue weighted by molar-refractivity contribution is -0.185. The molecule has 3 nitrogen and oxygen atoms in total. The summed E-state index contributed by atoms with van der Waals surface area (Å²) in [5.74, 6) is -1.70. The van der Waals surface area contributed by atoms with Crippen LogP contribution in [0.2, 0.25) is 0 Å². The summed E-state index contributed by atoms with van der Waals surface area (Å²) >= 11 is 12.6. The molecule has 0 spiro atoms. The number of carbonyl (C=O) groups is 1. The van der Waals surface area contributed by atoms with Crippen LogP contribution < -0.4 is 0 Å². The quantitative estimate of drug-likeness (QED) is 0.524. The average molecular weight is 408 g/mol. The zero-order chi connectivity index (χ0) is 18.9. The van der Waals surface area contributed by atoms with Gasteiger partial charge in [-0.25, -0.2) is 4.79 Å². The van der Waals surface area contributed by atoms with Crippen molar-refractivity contribution in [3.63, 3.8) is 0 Å². The number of ether oxygens (including phenoxy) is 1. The van der Waals surface area contributed by atoms with Gasteiger partial charge < -0.3 is 4.74 Å². The van der Waals surface area contributed by atoms with Crippen LogP contribution in [0.25, 0.3) is 0 Å². The van der Waals surface area contributed by atoms with Gasteiger partial charge in [0.1, 0.15) is 5.76 Å². The van der Waals surface area contributed by atoms with E-state index in [0.717, 1.165) is 0 Å². The zero-order valence-electron chi connectivity index (χ0n) is 13.8. The fourth-order valence-corrected chi connectivity index (χ4v) is 3.87. The summed E-state index contributed by atoms with van der Waals surface area (Å²) in [6.45, 7) is 0.601. The van der Waals surface area contributed by atoms with Gasteiger partial charge in [0.15, 0.2) is 4.33 Å². The number of benzene rings is 1. The predicted octanol–water partition coefficient (Wildman–Crippen LogP) is 4.95. The van der Waals surface area contributed by atoms with Crippen molar-refractivity contribution in [1.82, 2.24) is 4.90 Å². The lowest BCUT2D eigenvalue weighted by Crippen LogP contribution is -2.43. The van der Waals surface area contributed by atoms with E-state index in [1.807, 2.05) is 4.90 Å². The molecule has 1 aromatic rings. The van der Waals surface area contributed by atoms with E-state index in [2.05, 4.69) is 0 Å². The van der Waals surface area contributed by atoms with Crippen LogP contribution in [0.4, 0.5) is 13.2 Å². The van der Waals surface area contributed by atoms with Crippen LogP contribution in [0.5, 0.6) is 0 Å². The van der Waals surface area contributed by atoms with Crippen LogP contribution in [0.15, 0.2) is 42.2 Å². The second kappa shape index (κ2) is 7.41. The Morgan fingerprint density at radius 3 is 2.35 bits per heavy atom. The van der Waals surface area contributed by atoms with Crippen molar-refractivity contribution in [2.45, 2.75) is 35.8 Å². The first-order valence-corrected chi connectivity index (χ1v) is 9.10. The molecule has 1 aromatic carbocycles. The fourth-order valence-electron chi connectivity index (χ4n) is 3.35. The van der Waals surface area contributed by atoms with Gasteiger partial charge in [0.05, 0.1) is 11.5 Å². The monoisotopic (exact) mass is 407 g/mol. The van der Waals surface area contributed by atoms with Gasteiger partial charge in [0, 0.05) is 12.5 Å². The van der Waals surface area contributed by atoms with Crippen LogP contribution in [0.1, 0.15) is 29.6 Å². The summed E-state index contributed by atoms with van der Waals surface area (Å²) in [6.07, 6.45) is -2.15. The summed E-state index contributed by atoms with van der Waals surface area (Å²) in [4.78, 5) is 14.1. The van der Waals surface area contributed by atoms with E-state index in [-0.39, 0.29) is 31.1 Å². The lowest BCUT2D eigenvalue weighted by Gasteiger charge is -2.36. The van der Waals surface area contributed by atoms with E-state index in [4.69, 9.17) is 27.9 Å². The van der Waals surface area contributed by atoms with Crippen LogP contribution >= 0.6 is 23.2 Å². The van der Waals surface area contributed by atoms with E-state index in [9.17, 15) is 18.0 Å². The van der Waals surface area contributed by atoms with Crippen molar-refractivity contribution >= 4 is 29.2 Å². The van der Waals surface area contributed by atoms with Gasteiger partial charge in [0.25, 0.3) is 0 Å². The summed E-state index contributed by atoms with van der Waals surface area (Å²) in [6, 6.07) is 8.17. The van der Waals surface area contributed by atoms with Crippen molar-refractivity contribution in [2.75, 3.05) is 13.1 Å². The fraction of sp³-hybridized carbons (Fsp3) is 0.500.